The first kappa shape index (κ1) is 14.3. The number of hydrogen-bond acceptors (Lipinski definition) is 2. The maximum atomic E-state index is 13.4. The van der Waals surface area contributed by atoms with Gasteiger partial charge in [-0.15, -0.1) is 0 Å². The van der Waals surface area contributed by atoms with E-state index in [0.717, 1.165) is 38.1 Å². The van der Waals surface area contributed by atoms with Gasteiger partial charge < -0.3 is 5.32 Å². The molecule has 2 nitrogen and oxygen atoms in total. The van der Waals surface area contributed by atoms with E-state index in [0.29, 0.717) is 5.56 Å². The quantitative estimate of drug-likeness (QED) is 0.851. The lowest BCUT2D eigenvalue weighted by Gasteiger charge is -2.39. The van der Waals surface area contributed by atoms with Gasteiger partial charge in [0.25, 0.3) is 0 Å². The SMILES string of the molecule is CNCC1CCCN(C)C1c1cc(F)c(F)c(F)c1. The van der Waals surface area contributed by atoms with Crippen molar-refractivity contribution in [1.82, 2.24) is 10.2 Å². The summed E-state index contributed by atoms with van der Waals surface area (Å²) in [4.78, 5) is 2.08. The summed E-state index contributed by atoms with van der Waals surface area (Å²) < 4.78 is 39.8. The van der Waals surface area contributed by atoms with Gasteiger partial charge in [0.05, 0.1) is 0 Å². The molecule has 0 bridgehead atoms. The van der Waals surface area contributed by atoms with Crippen molar-refractivity contribution in [3.63, 3.8) is 0 Å². The minimum atomic E-state index is -1.40. The molecule has 1 aromatic carbocycles. The van der Waals surface area contributed by atoms with Gasteiger partial charge in [-0.05, 0) is 63.6 Å². The average Bonchev–Trinajstić information content (AvgIpc) is 2.36. The van der Waals surface area contributed by atoms with Crippen LogP contribution in [0.3, 0.4) is 0 Å². The van der Waals surface area contributed by atoms with Crippen molar-refractivity contribution in [3.05, 3.63) is 35.1 Å². The summed E-state index contributed by atoms with van der Waals surface area (Å²) in [6.07, 6.45) is 2.06. The summed E-state index contributed by atoms with van der Waals surface area (Å²) >= 11 is 0. The Hall–Kier alpha value is -1.07. The third-order valence-electron chi connectivity index (χ3n) is 3.82. The standard InChI is InChI=1S/C14H19F3N2/c1-18-8-9-4-3-5-19(2)14(9)10-6-11(15)13(17)12(16)7-10/h6-7,9,14,18H,3-5,8H2,1-2H3. The number of halogens is 3. The van der Waals surface area contributed by atoms with Crippen molar-refractivity contribution in [2.75, 3.05) is 27.2 Å². The molecule has 5 heteroatoms. The van der Waals surface area contributed by atoms with Crippen LogP contribution >= 0.6 is 0 Å². The Morgan fingerprint density at radius 3 is 2.47 bits per heavy atom. The molecule has 2 rings (SSSR count). The molecule has 1 saturated heterocycles. The number of benzene rings is 1. The summed E-state index contributed by atoms with van der Waals surface area (Å²) in [6, 6.07) is 2.16. The van der Waals surface area contributed by atoms with Crippen molar-refractivity contribution >= 4 is 0 Å². The molecule has 1 aliphatic rings. The molecule has 0 amide bonds. The van der Waals surface area contributed by atoms with Crippen LogP contribution < -0.4 is 5.32 Å². The second-order valence-electron chi connectivity index (χ2n) is 5.18. The topological polar surface area (TPSA) is 15.3 Å². The molecule has 1 aliphatic heterocycles. The molecule has 0 aliphatic carbocycles. The van der Waals surface area contributed by atoms with Crippen LogP contribution in [0.4, 0.5) is 13.2 Å². The van der Waals surface area contributed by atoms with Crippen LogP contribution in [0.1, 0.15) is 24.4 Å². The van der Waals surface area contributed by atoms with Crippen molar-refractivity contribution in [2.45, 2.75) is 18.9 Å². The van der Waals surface area contributed by atoms with Crippen molar-refractivity contribution in [1.29, 1.82) is 0 Å². The molecule has 1 heterocycles. The highest BCUT2D eigenvalue weighted by atomic mass is 19.2. The van der Waals surface area contributed by atoms with Gasteiger partial charge >= 0.3 is 0 Å². The Labute approximate surface area is 111 Å². The van der Waals surface area contributed by atoms with E-state index in [9.17, 15) is 13.2 Å². The van der Waals surface area contributed by atoms with Gasteiger partial charge in [-0.1, -0.05) is 0 Å². The number of piperidine rings is 1. The molecule has 1 fully saturated rings. The maximum absolute atomic E-state index is 13.4. The molecular weight excluding hydrogens is 253 g/mol. The molecule has 1 N–H and O–H groups in total. The van der Waals surface area contributed by atoms with E-state index in [1.165, 1.54) is 0 Å². The summed E-state index contributed by atoms with van der Waals surface area (Å²) in [6.45, 7) is 1.65. The fraction of sp³-hybridized carbons (Fsp3) is 0.571. The van der Waals surface area contributed by atoms with Gasteiger partial charge in [0.15, 0.2) is 17.5 Å². The number of nitrogens with one attached hydrogen (secondary N) is 1. The zero-order valence-corrected chi connectivity index (χ0v) is 11.2. The Bertz CT molecular complexity index is 425. The smallest absolute Gasteiger partial charge is 0.194 e. The van der Waals surface area contributed by atoms with E-state index in [4.69, 9.17) is 0 Å². The lowest BCUT2D eigenvalue weighted by molar-refractivity contribution is 0.120. The lowest BCUT2D eigenvalue weighted by Crippen LogP contribution is -2.40. The molecule has 1 aromatic rings. The highest BCUT2D eigenvalue weighted by Crippen LogP contribution is 2.35. The highest BCUT2D eigenvalue weighted by Gasteiger charge is 2.31. The van der Waals surface area contributed by atoms with Crippen molar-refractivity contribution in [3.8, 4) is 0 Å². The van der Waals surface area contributed by atoms with Gasteiger partial charge in [0, 0.05) is 6.04 Å². The molecule has 0 saturated carbocycles. The van der Waals surface area contributed by atoms with Crippen molar-refractivity contribution in [2.24, 2.45) is 5.92 Å². The van der Waals surface area contributed by atoms with Crippen LogP contribution in [0.25, 0.3) is 0 Å². The van der Waals surface area contributed by atoms with Crippen LogP contribution in [-0.4, -0.2) is 32.1 Å². The number of rotatable bonds is 3. The van der Waals surface area contributed by atoms with E-state index in [2.05, 4.69) is 10.2 Å². The van der Waals surface area contributed by atoms with Crippen LogP contribution in [0, 0.1) is 23.4 Å². The third kappa shape index (κ3) is 2.92. The van der Waals surface area contributed by atoms with E-state index in [1.54, 1.807) is 0 Å². The van der Waals surface area contributed by atoms with E-state index < -0.39 is 17.5 Å². The maximum Gasteiger partial charge on any atom is 0.194 e. The predicted octanol–water partition coefficient (Wildman–Crippen LogP) is 2.71. The zero-order valence-electron chi connectivity index (χ0n) is 11.2. The first-order valence-corrected chi connectivity index (χ1v) is 6.54. The fourth-order valence-corrected chi connectivity index (χ4v) is 3.01. The van der Waals surface area contributed by atoms with Crippen LogP contribution in [0.2, 0.25) is 0 Å². The molecule has 19 heavy (non-hydrogen) atoms. The highest BCUT2D eigenvalue weighted by molar-refractivity contribution is 5.24. The Morgan fingerprint density at radius 2 is 1.89 bits per heavy atom. The first-order chi connectivity index (χ1) is 9.04. The third-order valence-corrected chi connectivity index (χ3v) is 3.82. The van der Waals surface area contributed by atoms with Crippen LogP contribution in [-0.2, 0) is 0 Å². The minimum Gasteiger partial charge on any atom is -0.319 e. The normalized spacial score (nSPS) is 24.7. The summed E-state index contributed by atoms with van der Waals surface area (Å²) in [5, 5.41) is 3.11. The second kappa shape index (κ2) is 5.92. The summed E-state index contributed by atoms with van der Waals surface area (Å²) in [5.41, 5.74) is 0.513. The van der Waals surface area contributed by atoms with Gasteiger partial charge in [0.1, 0.15) is 0 Å². The lowest BCUT2D eigenvalue weighted by atomic mass is 9.85. The predicted molar refractivity (Wildman–Crippen MR) is 68.3 cm³/mol. The largest absolute Gasteiger partial charge is 0.319 e. The van der Waals surface area contributed by atoms with Crippen LogP contribution in [0.5, 0.6) is 0 Å². The number of hydrogen-bond donors (Lipinski definition) is 1. The zero-order chi connectivity index (χ0) is 14.0. The Kier molecular flexibility index (Phi) is 4.47. The summed E-state index contributed by atoms with van der Waals surface area (Å²) in [7, 11) is 3.79. The van der Waals surface area contributed by atoms with Gasteiger partial charge in [-0.25, -0.2) is 13.2 Å². The number of likely N-dealkylation sites (tertiary alicyclic amines) is 1. The van der Waals surface area contributed by atoms with E-state index >= 15 is 0 Å². The van der Waals surface area contributed by atoms with Crippen LogP contribution in [0.15, 0.2) is 12.1 Å². The number of nitrogens with zero attached hydrogens (tertiary/aromatic N) is 1. The first-order valence-electron chi connectivity index (χ1n) is 6.54. The monoisotopic (exact) mass is 272 g/mol. The molecule has 106 valence electrons. The van der Waals surface area contributed by atoms with Crippen molar-refractivity contribution < 1.29 is 13.2 Å². The average molecular weight is 272 g/mol. The van der Waals surface area contributed by atoms with Gasteiger partial charge in [0.2, 0.25) is 0 Å². The molecule has 0 spiro atoms. The summed E-state index contributed by atoms with van der Waals surface area (Å²) in [5.74, 6) is -3.35. The van der Waals surface area contributed by atoms with E-state index in [1.807, 2.05) is 14.1 Å². The van der Waals surface area contributed by atoms with Gasteiger partial charge in [-0.3, -0.25) is 4.90 Å². The molecule has 2 atom stereocenters. The second-order valence-corrected chi connectivity index (χ2v) is 5.18. The molecular formula is C14H19F3N2. The molecule has 0 radical (unpaired) electrons. The van der Waals surface area contributed by atoms with E-state index in [-0.39, 0.29) is 12.0 Å². The minimum absolute atomic E-state index is 0.0780. The Morgan fingerprint density at radius 1 is 1.26 bits per heavy atom. The Balaban J connectivity index is 2.35. The fourth-order valence-electron chi connectivity index (χ4n) is 3.01. The molecule has 2 unspecified atom stereocenters. The molecule has 0 aromatic heterocycles. The van der Waals surface area contributed by atoms with Gasteiger partial charge in [-0.2, -0.15) is 0 Å².